The highest BCUT2D eigenvalue weighted by Gasteiger charge is 2.26. The van der Waals surface area contributed by atoms with Crippen molar-refractivity contribution in [1.82, 2.24) is 25.9 Å². The van der Waals surface area contributed by atoms with Crippen LogP contribution in [-0.2, 0) is 16.0 Å². The fourth-order valence-corrected chi connectivity index (χ4v) is 2.95. The van der Waals surface area contributed by atoms with Crippen LogP contribution in [0.25, 0.3) is 0 Å². The molecule has 0 aliphatic rings. The van der Waals surface area contributed by atoms with Crippen molar-refractivity contribution in [2.24, 2.45) is 5.92 Å². The lowest BCUT2D eigenvalue weighted by molar-refractivity contribution is -0.142. The largest absolute Gasteiger partial charge is 0.480 e. The third-order valence-corrected chi connectivity index (χ3v) is 4.44. The van der Waals surface area contributed by atoms with Crippen molar-refractivity contribution in [3.8, 4) is 0 Å². The first-order valence-electron chi connectivity index (χ1n) is 9.94. The highest BCUT2D eigenvalue weighted by Crippen LogP contribution is 2.06. The molecule has 2 amide bonds. The third-order valence-electron chi connectivity index (χ3n) is 4.44. The number of imidazole rings is 1. The molecule has 9 nitrogen and oxygen atoms in total. The monoisotopic (exact) mass is 415 g/mol. The summed E-state index contributed by atoms with van der Waals surface area (Å²) in [6.07, 6.45) is 3.82. The lowest BCUT2D eigenvalue weighted by Crippen LogP contribution is -2.52. The number of hydrogen-bond donors (Lipinski definition) is 5. The van der Waals surface area contributed by atoms with Gasteiger partial charge in [-0.2, -0.15) is 0 Å². The number of aliphatic carboxylic acids is 1. The van der Waals surface area contributed by atoms with E-state index in [-0.39, 0.29) is 18.2 Å². The standard InChI is InChI=1S/C21H29N5O4/c1-14(2)10-18(21(29)30)26-20(28)17(11-16-12-22-13-25-16)23-8-9-24-19(27)15-6-4-3-5-7-15/h3-7,12-14,17-18,23H,8-11H2,1-2H3,(H,22,25)(H,24,27)(H,26,28)(H,29,30)/t17-,18-/m0/s1. The fraction of sp³-hybridized carbons (Fsp3) is 0.429. The van der Waals surface area contributed by atoms with E-state index in [1.807, 2.05) is 19.9 Å². The Morgan fingerprint density at radius 1 is 1.10 bits per heavy atom. The van der Waals surface area contributed by atoms with E-state index in [2.05, 4.69) is 25.9 Å². The number of hydrogen-bond acceptors (Lipinski definition) is 5. The Labute approximate surface area is 175 Å². The molecule has 2 rings (SSSR count). The first-order valence-corrected chi connectivity index (χ1v) is 9.94. The number of carbonyl (C=O) groups excluding carboxylic acids is 2. The van der Waals surface area contributed by atoms with Crippen LogP contribution >= 0.6 is 0 Å². The van der Waals surface area contributed by atoms with Gasteiger partial charge in [-0.05, 0) is 24.5 Å². The van der Waals surface area contributed by atoms with E-state index in [1.165, 1.54) is 6.33 Å². The molecule has 9 heteroatoms. The average Bonchev–Trinajstić information content (AvgIpc) is 3.23. The quantitative estimate of drug-likeness (QED) is 0.328. The van der Waals surface area contributed by atoms with Crippen molar-refractivity contribution in [3.63, 3.8) is 0 Å². The molecule has 30 heavy (non-hydrogen) atoms. The first kappa shape index (κ1) is 23.1. The number of rotatable bonds is 12. The van der Waals surface area contributed by atoms with E-state index in [0.717, 1.165) is 0 Å². The number of nitrogens with one attached hydrogen (secondary N) is 4. The van der Waals surface area contributed by atoms with Gasteiger partial charge < -0.3 is 26.0 Å². The second-order valence-electron chi connectivity index (χ2n) is 7.42. The second kappa shape index (κ2) is 11.7. The van der Waals surface area contributed by atoms with E-state index >= 15 is 0 Å². The minimum absolute atomic E-state index is 0.123. The van der Waals surface area contributed by atoms with Crippen LogP contribution in [0.4, 0.5) is 0 Å². The van der Waals surface area contributed by atoms with Crippen molar-refractivity contribution >= 4 is 17.8 Å². The van der Waals surface area contributed by atoms with Crippen molar-refractivity contribution < 1.29 is 19.5 Å². The number of benzene rings is 1. The number of carbonyl (C=O) groups is 3. The molecule has 0 fully saturated rings. The molecule has 0 unspecified atom stereocenters. The molecule has 2 aromatic rings. The zero-order valence-electron chi connectivity index (χ0n) is 17.2. The Balaban J connectivity index is 1.92. The van der Waals surface area contributed by atoms with E-state index in [0.29, 0.717) is 30.8 Å². The van der Waals surface area contributed by atoms with Gasteiger partial charge in [0.25, 0.3) is 5.91 Å². The van der Waals surface area contributed by atoms with Crippen LogP contribution in [0.15, 0.2) is 42.9 Å². The Kier molecular flexibility index (Phi) is 9.02. The van der Waals surface area contributed by atoms with E-state index in [9.17, 15) is 19.5 Å². The molecule has 1 aromatic carbocycles. The lowest BCUT2D eigenvalue weighted by atomic mass is 10.0. The summed E-state index contributed by atoms with van der Waals surface area (Å²) >= 11 is 0. The van der Waals surface area contributed by atoms with Crippen LogP contribution < -0.4 is 16.0 Å². The zero-order chi connectivity index (χ0) is 21.9. The van der Waals surface area contributed by atoms with Crippen molar-refractivity contribution in [1.29, 1.82) is 0 Å². The van der Waals surface area contributed by atoms with Gasteiger partial charge >= 0.3 is 5.97 Å². The molecule has 0 saturated carbocycles. The zero-order valence-corrected chi connectivity index (χ0v) is 17.2. The van der Waals surface area contributed by atoms with Gasteiger partial charge in [-0.25, -0.2) is 9.78 Å². The normalized spacial score (nSPS) is 12.9. The number of aromatic nitrogens is 2. The van der Waals surface area contributed by atoms with Crippen LogP contribution in [0, 0.1) is 5.92 Å². The Morgan fingerprint density at radius 2 is 1.83 bits per heavy atom. The summed E-state index contributed by atoms with van der Waals surface area (Å²) in [5.41, 5.74) is 1.23. The van der Waals surface area contributed by atoms with Gasteiger partial charge in [-0.1, -0.05) is 32.0 Å². The highest BCUT2D eigenvalue weighted by molar-refractivity contribution is 5.94. The van der Waals surface area contributed by atoms with Crippen LogP contribution in [-0.4, -0.2) is 58.0 Å². The molecule has 0 aliphatic heterocycles. The van der Waals surface area contributed by atoms with Crippen molar-refractivity contribution in [3.05, 3.63) is 54.1 Å². The third kappa shape index (κ3) is 7.67. The molecule has 0 aliphatic carbocycles. The second-order valence-corrected chi connectivity index (χ2v) is 7.42. The molecule has 0 bridgehead atoms. The Bertz CT molecular complexity index is 808. The van der Waals surface area contributed by atoms with Crippen molar-refractivity contribution in [2.45, 2.75) is 38.8 Å². The minimum atomic E-state index is -1.06. The molecule has 0 saturated heterocycles. The van der Waals surface area contributed by atoms with Gasteiger partial charge in [0, 0.05) is 31.3 Å². The van der Waals surface area contributed by atoms with Gasteiger partial charge in [0.15, 0.2) is 0 Å². The van der Waals surface area contributed by atoms with E-state index < -0.39 is 24.0 Å². The first-order chi connectivity index (χ1) is 14.4. The van der Waals surface area contributed by atoms with Gasteiger partial charge in [0.2, 0.25) is 5.91 Å². The lowest BCUT2D eigenvalue weighted by Gasteiger charge is -2.22. The van der Waals surface area contributed by atoms with E-state index in [1.54, 1.807) is 30.5 Å². The molecule has 1 heterocycles. The molecule has 162 valence electrons. The van der Waals surface area contributed by atoms with Crippen LogP contribution in [0.5, 0.6) is 0 Å². The molecular weight excluding hydrogens is 386 g/mol. The fourth-order valence-electron chi connectivity index (χ4n) is 2.95. The number of nitrogens with zero attached hydrogens (tertiary/aromatic N) is 1. The maximum absolute atomic E-state index is 12.8. The summed E-state index contributed by atoms with van der Waals surface area (Å²) in [5.74, 6) is -1.56. The summed E-state index contributed by atoms with van der Waals surface area (Å²) in [5, 5.41) is 17.9. The smallest absolute Gasteiger partial charge is 0.326 e. The van der Waals surface area contributed by atoms with Crippen molar-refractivity contribution in [2.75, 3.05) is 13.1 Å². The number of amides is 2. The SMILES string of the molecule is CC(C)C[C@H](NC(=O)[C@H](Cc1c[nH]cn1)NCCNC(=O)c1ccccc1)C(=O)O. The predicted octanol–water partition coefficient (Wildman–Crippen LogP) is 0.956. The number of H-pyrrole nitrogens is 1. The summed E-state index contributed by atoms with van der Waals surface area (Å²) < 4.78 is 0. The Morgan fingerprint density at radius 3 is 2.43 bits per heavy atom. The minimum Gasteiger partial charge on any atom is -0.480 e. The molecular formula is C21H29N5O4. The van der Waals surface area contributed by atoms with Gasteiger partial charge in [-0.15, -0.1) is 0 Å². The highest BCUT2D eigenvalue weighted by atomic mass is 16.4. The summed E-state index contributed by atoms with van der Waals surface area (Å²) in [6.45, 7) is 4.45. The molecule has 1 aromatic heterocycles. The molecule has 0 radical (unpaired) electrons. The van der Waals surface area contributed by atoms with Crippen LogP contribution in [0.3, 0.4) is 0 Å². The van der Waals surface area contributed by atoms with Crippen LogP contribution in [0.1, 0.15) is 36.3 Å². The van der Waals surface area contributed by atoms with Gasteiger partial charge in [-0.3, -0.25) is 9.59 Å². The molecule has 5 N–H and O–H groups in total. The topological polar surface area (TPSA) is 136 Å². The average molecular weight is 415 g/mol. The maximum Gasteiger partial charge on any atom is 0.326 e. The summed E-state index contributed by atoms with van der Waals surface area (Å²) in [7, 11) is 0. The number of carboxylic acid groups (broad SMARTS) is 1. The van der Waals surface area contributed by atoms with Gasteiger partial charge in [0.1, 0.15) is 6.04 Å². The number of carboxylic acids is 1. The van der Waals surface area contributed by atoms with E-state index in [4.69, 9.17) is 0 Å². The predicted molar refractivity (Wildman–Crippen MR) is 112 cm³/mol. The maximum atomic E-state index is 12.8. The molecule has 0 spiro atoms. The number of aromatic amines is 1. The summed E-state index contributed by atoms with van der Waals surface area (Å²) in [4.78, 5) is 43.3. The molecule has 2 atom stereocenters. The van der Waals surface area contributed by atoms with Crippen LogP contribution in [0.2, 0.25) is 0 Å². The Hall–Kier alpha value is -3.20. The van der Waals surface area contributed by atoms with Gasteiger partial charge in [0.05, 0.1) is 18.1 Å². The summed E-state index contributed by atoms with van der Waals surface area (Å²) in [6, 6.07) is 7.20.